The van der Waals surface area contributed by atoms with Crippen molar-refractivity contribution in [3.63, 3.8) is 0 Å². The number of ether oxygens (including phenoxy) is 1. The first-order valence-electron chi connectivity index (χ1n) is 4.06. The highest BCUT2D eigenvalue weighted by Crippen LogP contribution is 2.38. The second-order valence-corrected chi connectivity index (χ2v) is 3.25. The number of aromatic hydroxyl groups is 1. The average molecular weight is 212 g/mol. The third kappa shape index (κ3) is 1.75. The quantitative estimate of drug-likeness (QED) is 0.818. The van der Waals surface area contributed by atoms with Crippen LogP contribution in [0.15, 0.2) is 12.1 Å². The van der Waals surface area contributed by atoms with Gasteiger partial charge in [-0.15, -0.1) is 0 Å². The molecule has 74 valence electrons. The van der Waals surface area contributed by atoms with Crippen molar-refractivity contribution in [1.82, 2.24) is 0 Å². The van der Waals surface area contributed by atoms with Gasteiger partial charge in [0, 0.05) is 5.56 Å². The number of hydrogen-bond donors (Lipinski definition) is 1. The number of benzene rings is 1. The second kappa shape index (κ2) is 4.21. The van der Waals surface area contributed by atoms with Crippen molar-refractivity contribution in [3.8, 4) is 17.6 Å². The molecule has 0 saturated heterocycles. The van der Waals surface area contributed by atoms with Crippen molar-refractivity contribution in [2.24, 2.45) is 0 Å². The van der Waals surface area contributed by atoms with Gasteiger partial charge in [0.15, 0.2) is 0 Å². The maximum atomic E-state index is 9.32. The molecule has 1 N–H and O–H groups in total. The Hall–Kier alpha value is -1.40. The Morgan fingerprint density at radius 2 is 2.21 bits per heavy atom. The predicted molar refractivity (Wildman–Crippen MR) is 53.7 cm³/mol. The van der Waals surface area contributed by atoms with Crippen molar-refractivity contribution < 1.29 is 9.84 Å². The lowest BCUT2D eigenvalue weighted by molar-refractivity contribution is 0.402. The lowest BCUT2D eigenvalue weighted by atomic mass is 10.0. The fraction of sp³-hybridized carbons (Fsp3) is 0.300. The molecule has 1 aromatic carbocycles. The molecule has 3 nitrogen and oxygen atoms in total. The van der Waals surface area contributed by atoms with Gasteiger partial charge >= 0.3 is 0 Å². The summed E-state index contributed by atoms with van der Waals surface area (Å²) in [5.74, 6) is 0.00109. The van der Waals surface area contributed by atoms with Crippen molar-refractivity contribution >= 4 is 11.6 Å². The molecule has 0 amide bonds. The fourth-order valence-corrected chi connectivity index (χ4v) is 1.43. The smallest absolute Gasteiger partial charge is 0.145 e. The van der Waals surface area contributed by atoms with Crippen LogP contribution in [-0.4, -0.2) is 12.2 Å². The highest BCUT2D eigenvalue weighted by atomic mass is 35.5. The standard InChI is InChI=1S/C10H10ClNO2/c1-6(5-12)7-3-4-8(13)9(11)10(7)14-2/h3-4,6,13H,1-2H3. The van der Waals surface area contributed by atoms with E-state index in [0.29, 0.717) is 11.3 Å². The van der Waals surface area contributed by atoms with Crippen LogP contribution in [0.4, 0.5) is 0 Å². The normalized spacial score (nSPS) is 11.9. The zero-order chi connectivity index (χ0) is 10.7. The van der Waals surface area contributed by atoms with Crippen LogP contribution in [0.2, 0.25) is 5.02 Å². The van der Waals surface area contributed by atoms with Crippen LogP contribution in [-0.2, 0) is 0 Å². The maximum Gasteiger partial charge on any atom is 0.145 e. The highest BCUT2D eigenvalue weighted by Gasteiger charge is 2.16. The van der Waals surface area contributed by atoms with Gasteiger partial charge in [0.05, 0.1) is 19.1 Å². The minimum atomic E-state index is -0.317. The minimum Gasteiger partial charge on any atom is -0.506 e. The van der Waals surface area contributed by atoms with Crippen molar-refractivity contribution in [2.75, 3.05) is 7.11 Å². The monoisotopic (exact) mass is 211 g/mol. The van der Waals surface area contributed by atoms with Gasteiger partial charge in [-0.1, -0.05) is 17.7 Å². The summed E-state index contributed by atoms with van der Waals surface area (Å²) in [6.45, 7) is 1.74. The fourth-order valence-electron chi connectivity index (χ4n) is 1.18. The third-order valence-corrected chi connectivity index (χ3v) is 2.34. The number of methoxy groups -OCH3 is 1. The second-order valence-electron chi connectivity index (χ2n) is 2.87. The lowest BCUT2D eigenvalue weighted by Gasteiger charge is -2.12. The molecule has 0 radical (unpaired) electrons. The highest BCUT2D eigenvalue weighted by molar-refractivity contribution is 6.33. The average Bonchev–Trinajstić information content (AvgIpc) is 2.20. The molecular weight excluding hydrogens is 202 g/mol. The van der Waals surface area contributed by atoms with Crippen LogP contribution in [0.25, 0.3) is 0 Å². The van der Waals surface area contributed by atoms with Gasteiger partial charge < -0.3 is 9.84 Å². The van der Waals surface area contributed by atoms with Crippen molar-refractivity contribution in [2.45, 2.75) is 12.8 Å². The number of phenols is 1. The summed E-state index contributed by atoms with van der Waals surface area (Å²) in [5, 5.41) is 18.2. The van der Waals surface area contributed by atoms with E-state index in [9.17, 15) is 5.11 Å². The summed E-state index contributed by atoms with van der Waals surface area (Å²) in [5.41, 5.74) is 0.679. The Morgan fingerprint density at radius 1 is 1.57 bits per heavy atom. The van der Waals surface area contributed by atoms with Crippen LogP contribution in [0.1, 0.15) is 18.4 Å². The zero-order valence-electron chi connectivity index (χ0n) is 7.91. The molecule has 0 aliphatic rings. The number of halogens is 1. The molecule has 0 saturated carbocycles. The number of nitriles is 1. The van der Waals surface area contributed by atoms with Crippen LogP contribution < -0.4 is 4.74 Å². The number of hydrogen-bond acceptors (Lipinski definition) is 3. The molecule has 1 unspecified atom stereocenters. The summed E-state index contributed by atoms with van der Waals surface area (Å²) < 4.78 is 5.04. The van der Waals surface area contributed by atoms with E-state index in [4.69, 9.17) is 21.6 Å². The summed E-state index contributed by atoms with van der Waals surface area (Å²) in [4.78, 5) is 0. The van der Waals surface area contributed by atoms with Gasteiger partial charge in [-0.25, -0.2) is 0 Å². The Bertz CT molecular complexity index is 384. The first-order chi connectivity index (χ1) is 6.61. The van der Waals surface area contributed by atoms with Crippen molar-refractivity contribution in [3.05, 3.63) is 22.7 Å². The molecular formula is C10H10ClNO2. The summed E-state index contributed by atoms with van der Waals surface area (Å²) >= 11 is 5.82. The molecule has 0 fully saturated rings. The first kappa shape index (κ1) is 10.7. The van der Waals surface area contributed by atoms with Crippen LogP contribution >= 0.6 is 11.6 Å². The maximum absolute atomic E-state index is 9.32. The number of phenolic OH excluding ortho intramolecular Hbond substituents is 1. The predicted octanol–water partition coefficient (Wildman–Crippen LogP) is 2.68. The Balaban J connectivity index is 3.32. The van der Waals surface area contributed by atoms with E-state index in [1.807, 2.05) is 0 Å². The molecule has 4 heteroatoms. The molecule has 14 heavy (non-hydrogen) atoms. The Morgan fingerprint density at radius 3 is 2.71 bits per heavy atom. The van der Waals surface area contributed by atoms with E-state index in [0.717, 1.165) is 0 Å². The largest absolute Gasteiger partial charge is 0.506 e. The lowest BCUT2D eigenvalue weighted by Crippen LogP contribution is -1.96. The Labute approximate surface area is 87.5 Å². The molecule has 0 bridgehead atoms. The molecule has 0 spiro atoms. The summed E-state index contributed by atoms with van der Waals surface area (Å²) in [6, 6.07) is 5.17. The molecule has 1 rings (SSSR count). The number of nitrogens with zero attached hydrogens (tertiary/aromatic N) is 1. The SMILES string of the molecule is COc1c(C(C)C#N)ccc(O)c1Cl. The van der Waals surface area contributed by atoms with E-state index < -0.39 is 0 Å². The van der Waals surface area contributed by atoms with Crippen LogP contribution in [0, 0.1) is 11.3 Å². The van der Waals surface area contributed by atoms with Gasteiger partial charge in [0.25, 0.3) is 0 Å². The molecule has 1 atom stereocenters. The Kier molecular flexibility index (Phi) is 3.21. The topological polar surface area (TPSA) is 53.2 Å². The van der Waals surface area contributed by atoms with E-state index in [1.165, 1.54) is 13.2 Å². The van der Waals surface area contributed by atoms with Gasteiger partial charge in [-0.05, 0) is 13.0 Å². The molecule has 0 aliphatic heterocycles. The van der Waals surface area contributed by atoms with E-state index in [2.05, 4.69) is 6.07 Å². The van der Waals surface area contributed by atoms with Crippen molar-refractivity contribution in [1.29, 1.82) is 5.26 Å². The first-order valence-corrected chi connectivity index (χ1v) is 4.44. The van der Waals surface area contributed by atoms with Crippen LogP contribution in [0.3, 0.4) is 0 Å². The van der Waals surface area contributed by atoms with Gasteiger partial charge in [-0.2, -0.15) is 5.26 Å². The van der Waals surface area contributed by atoms with E-state index in [-0.39, 0.29) is 16.7 Å². The minimum absolute atomic E-state index is 0.0441. The molecule has 0 aromatic heterocycles. The van der Waals surface area contributed by atoms with E-state index in [1.54, 1.807) is 13.0 Å². The summed E-state index contributed by atoms with van der Waals surface area (Å²) in [6.07, 6.45) is 0. The van der Waals surface area contributed by atoms with Gasteiger partial charge in [-0.3, -0.25) is 0 Å². The third-order valence-electron chi connectivity index (χ3n) is 1.97. The molecule has 0 aliphatic carbocycles. The van der Waals surface area contributed by atoms with Crippen LogP contribution in [0.5, 0.6) is 11.5 Å². The molecule has 0 heterocycles. The zero-order valence-corrected chi connectivity index (χ0v) is 8.67. The van der Waals surface area contributed by atoms with Gasteiger partial charge in [0.2, 0.25) is 0 Å². The van der Waals surface area contributed by atoms with E-state index >= 15 is 0 Å². The summed E-state index contributed by atoms with van der Waals surface area (Å²) in [7, 11) is 1.45. The number of rotatable bonds is 2. The molecule has 1 aromatic rings. The van der Waals surface area contributed by atoms with Gasteiger partial charge in [0.1, 0.15) is 16.5 Å².